The Morgan fingerprint density at radius 2 is 2.07 bits per heavy atom. The molecule has 0 radical (unpaired) electrons. The Balaban J connectivity index is 1.59. The van der Waals surface area contributed by atoms with Crippen LogP contribution in [0, 0.1) is 0 Å². The van der Waals surface area contributed by atoms with Gasteiger partial charge in [0.2, 0.25) is 11.7 Å². The summed E-state index contributed by atoms with van der Waals surface area (Å²) in [7, 11) is 0. The summed E-state index contributed by atoms with van der Waals surface area (Å²) in [5, 5.41) is 4.09. The van der Waals surface area contributed by atoms with Crippen molar-refractivity contribution in [3.63, 3.8) is 0 Å². The molecule has 0 spiro atoms. The number of amides is 1. The lowest BCUT2D eigenvalue weighted by atomic mass is 10.1. The van der Waals surface area contributed by atoms with Crippen molar-refractivity contribution in [2.75, 3.05) is 6.54 Å². The van der Waals surface area contributed by atoms with Crippen molar-refractivity contribution < 1.29 is 22.5 Å². The Kier molecular flexibility index (Phi) is 4.99. The molecule has 0 N–H and O–H groups in total. The molecule has 0 aliphatic carbocycles. The van der Waals surface area contributed by atoms with Crippen LogP contribution in [0.3, 0.4) is 0 Å². The third kappa shape index (κ3) is 3.95. The second-order valence-electron chi connectivity index (χ2n) is 6.56. The zero-order valence-corrected chi connectivity index (χ0v) is 15.6. The Bertz CT molecular complexity index is 1040. The summed E-state index contributed by atoms with van der Waals surface area (Å²) >= 11 is 5.76. The van der Waals surface area contributed by atoms with E-state index in [1.807, 2.05) is 0 Å². The van der Waals surface area contributed by atoms with Crippen LogP contribution >= 0.6 is 11.6 Å². The molecule has 1 fully saturated rings. The third-order valence-electron chi connectivity index (χ3n) is 4.66. The minimum absolute atomic E-state index is 0.0403. The number of hydrogen-bond acceptors (Lipinski definition) is 5. The number of halogens is 4. The van der Waals surface area contributed by atoms with Gasteiger partial charge >= 0.3 is 6.18 Å². The maximum absolute atomic E-state index is 12.9. The molecule has 1 aliphatic rings. The molecule has 0 bridgehead atoms. The van der Waals surface area contributed by atoms with Crippen LogP contribution in [0.15, 0.2) is 47.1 Å². The van der Waals surface area contributed by atoms with Crippen LogP contribution in [0.4, 0.5) is 13.2 Å². The second kappa shape index (κ2) is 7.47. The summed E-state index contributed by atoms with van der Waals surface area (Å²) in [5.41, 5.74) is -0.235. The van der Waals surface area contributed by atoms with E-state index in [-0.39, 0.29) is 28.3 Å². The quantitative estimate of drug-likeness (QED) is 0.568. The fourth-order valence-electron chi connectivity index (χ4n) is 3.26. The van der Waals surface area contributed by atoms with E-state index in [1.54, 1.807) is 11.0 Å². The number of carbonyl (C=O) groups excluding carboxylic acids is 1. The highest BCUT2D eigenvalue weighted by atomic mass is 35.5. The molecule has 4 rings (SSSR count). The highest BCUT2D eigenvalue weighted by Gasteiger charge is 2.35. The number of hydrogen-bond donors (Lipinski definition) is 0. The Morgan fingerprint density at radius 3 is 2.79 bits per heavy atom. The molecule has 150 valence electrons. The van der Waals surface area contributed by atoms with Gasteiger partial charge in [-0.2, -0.15) is 18.2 Å². The average molecular weight is 423 g/mol. The molecule has 3 aromatic rings. The van der Waals surface area contributed by atoms with Crippen molar-refractivity contribution in [2.24, 2.45) is 0 Å². The second-order valence-corrected chi connectivity index (χ2v) is 6.95. The van der Waals surface area contributed by atoms with E-state index in [0.29, 0.717) is 18.5 Å². The highest BCUT2D eigenvalue weighted by molar-refractivity contribution is 6.29. The lowest BCUT2D eigenvalue weighted by Gasteiger charge is -2.21. The average Bonchev–Trinajstić information content (AvgIpc) is 3.37. The zero-order valence-electron chi connectivity index (χ0n) is 14.9. The summed E-state index contributed by atoms with van der Waals surface area (Å²) < 4.78 is 44.1. The Hall–Kier alpha value is -2.94. The van der Waals surface area contributed by atoms with Gasteiger partial charge in [0.15, 0.2) is 0 Å². The van der Waals surface area contributed by atoms with Crippen LogP contribution < -0.4 is 0 Å². The van der Waals surface area contributed by atoms with E-state index >= 15 is 0 Å². The van der Waals surface area contributed by atoms with Crippen molar-refractivity contribution in [1.29, 1.82) is 0 Å². The van der Waals surface area contributed by atoms with Crippen LogP contribution in [0.1, 0.15) is 40.7 Å². The van der Waals surface area contributed by atoms with Crippen molar-refractivity contribution in [3.05, 3.63) is 64.8 Å². The summed E-state index contributed by atoms with van der Waals surface area (Å²) in [4.78, 5) is 22.6. The van der Waals surface area contributed by atoms with Gasteiger partial charge in [-0.15, -0.1) is 0 Å². The molecule has 1 atom stereocenters. The van der Waals surface area contributed by atoms with Crippen molar-refractivity contribution in [2.45, 2.75) is 25.1 Å². The summed E-state index contributed by atoms with van der Waals surface area (Å²) in [5.74, 6) is -0.0285. The van der Waals surface area contributed by atoms with Gasteiger partial charge in [0.1, 0.15) is 11.2 Å². The first-order valence-corrected chi connectivity index (χ1v) is 9.14. The highest BCUT2D eigenvalue weighted by Crippen LogP contribution is 2.35. The number of alkyl halides is 3. The maximum Gasteiger partial charge on any atom is 0.416 e. The van der Waals surface area contributed by atoms with Gasteiger partial charge in [-0.25, -0.2) is 4.98 Å². The topological polar surface area (TPSA) is 72.1 Å². The maximum atomic E-state index is 12.9. The Morgan fingerprint density at radius 1 is 1.24 bits per heavy atom. The Labute approximate surface area is 168 Å². The molecule has 1 amide bonds. The monoisotopic (exact) mass is 422 g/mol. The van der Waals surface area contributed by atoms with Crippen LogP contribution in [-0.2, 0) is 6.18 Å². The zero-order chi connectivity index (χ0) is 20.6. The molecule has 0 saturated carbocycles. The number of aromatic nitrogens is 3. The molecule has 6 nitrogen and oxygen atoms in total. The third-order valence-corrected chi connectivity index (χ3v) is 4.89. The van der Waals surface area contributed by atoms with Gasteiger partial charge in [0.25, 0.3) is 5.91 Å². The minimum Gasteiger partial charge on any atom is -0.337 e. The summed E-state index contributed by atoms with van der Waals surface area (Å²) in [6.45, 7) is 0.493. The van der Waals surface area contributed by atoms with Gasteiger partial charge in [0, 0.05) is 18.3 Å². The lowest BCUT2D eigenvalue weighted by Crippen LogP contribution is -2.30. The van der Waals surface area contributed by atoms with Gasteiger partial charge < -0.3 is 9.42 Å². The van der Waals surface area contributed by atoms with E-state index in [1.165, 1.54) is 24.4 Å². The van der Waals surface area contributed by atoms with Crippen LogP contribution in [0.5, 0.6) is 0 Å². The van der Waals surface area contributed by atoms with Crippen molar-refractivity contribution >= 4 is 17.5 Å². The number of likely N-dealkylation sites (tertiary alicyclic amines) is 1. The molecule has 1 aromatic carbocycles. The molecule has 10 heteroatoms. The van der Waals surface area contributed by atoms with E-state index < -0.39 is 17.8 Å². The first kappa shape index (κ1) is 19.4. The number of benzene rings is 1. The fourth-order valence-corrected chi connectivity index (χ4v) is 3.37. The van der Waals surface area contributed by atoms with Crippen molar-refractivity contribution in [1.82, 2.24) is 20.0 Å². The number of rotatable bonds is 3. The number of carbonyl (C=O) groups is 1. The standard InChI is InChI=1S/C19H14ClF3N4O2/c20-15-7-6-12(10-24-15)18(28)27-8-2-5-14(27)17-25-16(26-29-17)11-3-1-4-13(9-11)19(21,22)23/h1,3-4,6-7,9-10,14H,2,5,8H2/t14-/m1/s1. The lowest BCUT2D eigenvalue weighted by molar-refractivity contribution is -0.137. The normalized spacial score (nSPS) is 17.0. The number of nitrogens with zero attached hydrogens (tertiary/aromatic N) is 4. The molecule has 2 aromatic heterocycles. The van der Waals surface area contributed by atoms with Gasteiger partial charge in [-0.1, -0.05) is 28.9 Å². The van der Waals surface area contributed by atoms with Gasteiger partial charge in [0.05, 0.1) is 11.1 Å². The van der Waals surface area contributed by atoms with Gasteiger partial charge in [-0.3, -0.25) is 4.79 Å². The molecule has 3 heterocycles. The first-order valence-electron chi connectivity index (χ1n) is 8.77. The van der Waals surface area contributed by atoms with E-state index in [9.17, 15) is 18.0 Å². The van der Waals surface area contributed by atoms with E-state index in [4.69, 9.17) is 16.1 Å². The molecule has 0 unspecified atom stereocenters. The predicted octanol–water partition coefficient (Wildman–Crippen LogP) is 4.78. The molecular formula is C19H14ClF3N4O2. The fraction of sp³-hybridized carbons (Fsp3) is 0.263. The van der Waals surface area contributed by atoms with E-state index in [0.717, 1.165) is 18.6 Å². The summed E-state index contributed by atoms with van der Waals surface area (Å²) in [6.07, 6.45) is -1.73. The number of pyridine rings is 1. The van der Waals surface area contributed by atoms with Crippen LogP contribution in [0.25, 0.3) is 11.4 Å². The largest absolute Gasteiger partial charge is 0.416 e. The van der Waals surface area contributed by atoms with Crippen molar-refractivity contribution in [3.8, 4) is 11.4 Å². The molecule has 1 saturated heterocycles. The molecular weight excluding hydrogens is 409 g/mol. The smallest absolute Gasteiger partial charge is 0.337 e. The first-order chi connectivity index (χ1) is 13.8. The van der Waals surface area contributed by atoms with Crippen LogP contribution in [-0.4, -0.2) is 32.5 Å². The summed E-state index contributed by atoms with van der Waals surface area (Å²) in [6, 6.07) is 7.35. The van der Waals surface area contributed by atoms with Gasteiger partial charge in [-0.05, 0) is 37.1 Å². The molecule has 1 aliphatic heterocycles. The van der Waals surface area contributed by atoms with E-state index in [2.05, 4.69) is 15.1 Å². The minimum atomic E-state index is -4.47. The predicted molar refractivity (Wildman–Crippen MR) is 97.0 cm³/mol. The van der Waals surface area contributed by atoms with Crippen LogP contribution in [0.2, 0.25) is 5.15 Å². The molecule has 29 heavy (non-hydrogen) atoms. The SMILES string of the molecule is O=C(c1ccc(Cl)nc1)N1CCC[C@@H]1c1nc(-c2cccc(C(F)(F)F)c2)no1.